The smallest absolute Gasteiger partial charge is 0.305 e. The number of aliphatic hydroxyl groups is 2. The Morgan fingerprint density at radius 3 is 1.18 bits per heavy atom. The summed E-state index contributed by atoms with van der Waals surface area (Å²) in [4.78, 5) is 26.1. The number of carbonyl (C=O) groups is 2. The molecule has 4 unspecified atom stereocenters. The van der Waals surface area contributed by atoms with E-state index in [1.54, 1.807) is 6.08 Å². The Morgan fingerprint density at radius 2 is 0.743 bits per heavy atom. The highest BCUT2D eigenvalue weighted by Gasteiger charge is 2.23. The number of hydrogen-bond donors (Lipinski definition) is 3. The van der Waals surface area contributed by atoms with Crippen molar-refractivity contribution in [3.05, 3.63) is 36.5 Å². The summed E-state index contributed by atoms with van der Waals surface area (Å²) in [5.41, 5.74) is 0. The second-order valence-corrected chi connectivity index (χ2v) is 23.0. The van der Waals surface area contributed by atoms with Gasteiger partial charge in [0, 0.05) is 12.8 Å². The number of unbranched alkanes of at least 4 members (excludes halogenated alkanes) is 38. The van der Waals surface area contributed by atoms with Gasteiger partial charge in [0.05, 0.1) is 25.4 Å². The van der Waals surface area contributed by atoms with Crippen LogP contribution >= 0.6 is 0 Å². The monoisotopic (exact) mass is 1040 g/mol. The highest BCUT2D eigenvalue weighted by atomic mass is 16.5. The van der Waals surface area contributed by atoms with Crippen LogP contribution in [0.5, 0.6) is 0 Å². The van der Waals surface area contributed by atoms with Gasteiger partial charge < -0.3 is 20.3 Å². The summed E-state index contributed by atoms with van der Waals surface area (Å²) in [6.07, 6.45) is 73.0. The summed E-state index contributed by atoms with van der Waals surface area (Å²) in [7, 11) is 0. The predicted octanol–water partition coefficient (Wildman–Crippen LogP) is 20.9. The van der Waals surface area contributed by atoms with Crippen LogP contribution in [0.4, 0.5) is 0 Å². The number of rotatable bonds is 60. The van der Waals surface area contributed by atoms with Crippen molar-refractivity contribution in [1.82, 2.24) is 5.32 Å². The number of allylic oxidation sites excluding steroid dienone is 5. The van der Waals surface area contributed by atoms with Crippen molar-refractivity contribution < 1.29 is 24.5 Å². The first-order valence-electron chi connectivity index (χ1n) is 33.1. The van der Waals surface area contributed by atoms with Gasteiger partial charge in [-0.3, -0.25) is 9.59 Å². The van der Waals surface area contributed by atoms with Gasteiger partial charge in [-0.25, -0.2) is 0 Å². The summed E-state index contributed by atoms with van der Waals surface area (Å²) in [6.45, 7) is 9.41. The van der Waals surface area contributed by atoms with Gasteiger partial charge in [-0.15, -0.1) is 0 Å². The zero-order valence-electron chi connectivity index (χ0n) is 50.2. The molecule has 0 aromatic rings. The molecule has 0 aliphatic rings. The second kappa shape index (κ2) is 60.3. The van der Waals surface area contributed by atoms with Crippen LogP contribution in [0.15, 0.2) is 36.5 Å². The first-order chi connectivity index (χ1) is 36.4. The molecule has 0 aromatic heterocycles. The molecule has 0 fully saturated rings. The molecule has 0 heterocycles. The van der Waals surface area contributed by atoms with Crippen LogP contribution in [-0.2, 0) is 14.3 Å². The van der Waals surface area contributed by atoms with Crippen LogP contribution < -0.4 is 5.32 Å². The first-order valence-corrected chi connectivity index (χ1v) is 33.1. The molecule has 0 bridgehead atoms. The third-order valence-corrected chi connectivity index (χ3v) is 15.8. The van der Waals surface area contributed by atoms with Gasteiger partial charge in [0.25, 0.3) is 0 Å². The van der Waals surface area contributed by atoms with E-state index in [4.69, 9.17) is 4.74 Å². The maximum Gasteiger partial charge on any atom is 0.305 e. The molecule has 0 aliphatic carbocycles. The van der Waals surface area contributed by atoms with E-state index in [0.717, 1.165) is 77.0 Å². The number of nitrogens with one attached hydrogen (secondary N) is 1. The summed E-state index contributed by atoms with van der Waals surface area (Å²) in [5, 5.41) is 23.7. The minimum Gasteiger partial charge on any atom is -0.465 e. The molecule has 0 rings (SSSR count). The fraction of sp³-hybridized carbons (Fsp3) is 0.882. The number of esters is 1. The molecular weight excluding hydrogens is 911 g/mol. The van der Waals surface area contributed by atoms with E-state index in [1.165, 1.54) is 231 Å². The normalized spacial score (nSPS) is 13.6. The van der Waals surface area contributed by atoms with E-state index in [1.807, 2.05) is 6.08 Å². The van der Waals surface area contributed by atoms with E-state index < -0.39 is 12.1 Å². The standard InChI is InChI=1S/C68H129NO5/c1-5-9-13-17-21-25-28-30-31-33-35-38-42-46-54-60-68(73)74-62-64(57-51-44-39-24-20-16-12-8-4)63(55-49-43-40-36-27-23-19-15-11-7-3)56-50-47-48-53-59-67(72)69-65(61-70)66(71)58-52-45-41-37-34-32-29-26-22-18-14-10-6-2/h21,25,30-31,52,58,63-66,70-71H,5-20,22-24,26-29,32-51,53-57,59-62H2,1-4H3,(H,69,72). The van der Waals surface area contributed by atoms with Crippen LogP contribution in [0, 0.1) is 11.8 Å². The Kier molecular flexibility index (Phi) is 58.7. The van der Waals surface area contributed by atoms with E-state index in [9.17, 15) is 19.8 Å². The molecule has 0 aromatic carbocycles. The number of ether oxygens (including phenoxy) is 1. The zero-order chi connectivity index (χ0) is 53.9. The number of hydrogen-bond acceptors (Lipinski definition) is 5. The second-order valence-electron chi connectivity index (χ2n) is 23.0. The minimum atomic E-state index is -0.882. The van der Waals surface area contributed by atoms with Gasteiger partial charge in [0.1, 0.15) is 0 Å². The molecule has 0 saturated heterocycles. The Balaban J connectivity index is 5.08. The Hall–Kier alpha value is -1.92. The van der Waals surface area contributed by atoms with Crippen LogP contribution in [-0.4, -0.2) is 47.4 Å². The molecule has 74 heavy (non-hydrogen) atoms. The van der Waals surface area contributed by atoms with Crippen LogP contribution in [0.25, 0.3) is 0 Å². The molecule has 3 N–H and O–H groups in total. The van der Waals surface area contributed by atoms with Gasteiger partial charge in [-0.05, 0) is 76.0 Å². The van der Waals surface area contributed by atoms with Crippen LogP contribution in [0.1, 0.15) is 349 Å². The predicted molar refractivity (Wildman–Crippen MR) is 324 cm³/mol. The lowest BCUT2D eigenvalue weighted by Gasteiger charge is -2.28. The van der Waals surface area contributed by atoms with Crippen LogP contribution in [0.2, 0.25) is 0 Å². The minimum absolute atomic E-state index is 0.000801. The molecule has 436 valence electrons. The quantitative estimate of drug-likeness (QED) is 0.0320. The fourth-order valence-corrected chi connectivity index (χ4v) is 10.7. The molecule has 1 amide bonds. The first kappa shape index (κ1) is 72.1. The van der Waals surface area contributed by atoms with Crippen molar-refractivity contribution in [3.8, 4) is 0 Å². The fourth-order valence-electron chi connectivity index (χ4n) is 10.7. The lowest BCUT2D eigenvalue weighted by Crippen LogP contribution is -2.45. The SMILES string of the molecule is CCCCCC=CCC=CCCCCCCCC(=O)OCC(CCCCCCCCCC)C(CCCCCCCCCCCC)CCCCCCC(=O)NC(CO)C(O)C=CCCCCCCCCCCCCC. The average Bonchev–Trinajstić information content (AvgIpc) is 3.40. The summed E-state index contributed by atoms with van der Waals surface area (Å²) in [5.74, 6) is 0.894. The number of carbonyl (C=O) groups excluding carboxylic acids is 2. The number of aliphatic hydroxyl groups excluding tert-OH is 2. The summed E-state index contributed by atoms with van der Waals surface area (Å²) >= 11 is 0. The van der Waals surface area contributed by atoms with Gasteiger partial charge in [0.15, 0.2) is 0 Å². The molecule has 6 heteroatoms. The summed E-state index contributed by atoms with van der Waals surface area (Å²) in [6, 6.07) is -0.671. The third-order valence-electron chi connectivity index (χ3n) is 15.8. The molecule has 0 aliphatic heterocycles. The molecule has 0 spiro atoms. The maximum atomic E-state index is 13.2. The van der Waals surface area contributed by atoms with Gasteiger partial charge in [0.2, 0.25) is 5.91 Å². The topological polar surface area (TPSA) is 95.9 Å². The van der Waals surface area contributed by atoms with Gasteiger partial charge in [-0.2, -0.15) is 0 Å². The van der Waals surface area contributed by atoms with E-state index in [-0.39, 0.29) is 18.5 Å². The Bertz CT molecular complexity index is 1230. The van der Waals surface area contributed by atoms with Gasteiger partial charge in [-0.1, -0.05) is 308 Å². The van der Waals surface area contributed by atoms with Crippen molar-refractivity contribution in [2.24, 2.45) is 11.8 Å². The van der Waals surface area contributed by atoms with Crippen molar-refractivity contribution in [2.45, 2.75) is 361 Å². The molecule has 0 radical (unpaired) electrons. The van der Waals surface area contributed by atoms with Crippen molar-refractivity contribution in [2.75, 3.05) is 13.2 Å². The summed E-state index contributed by atoms with van der Waals surface area (Å²) < 4.78 is 6.18. The Morgan fingerprint density at radius 1 is 0.405 bits per heavy atom. The van der Waals surface area contributed by atoms with E-state index in [2.05, 4.69) is 57.3 Å². The van der Waals surface area contributed by atoms with Crippen molar-refractivity contribution >= 4 is 11.9 Å². The third kappa shape index (κ3) is 52.1. The van der Waals surface area contributed by atoms with Crippen molar-refractivity contribution in [3.63, 3.8) is 0 Å². The molecule has 6 nitrogen and oxygen atoms in total. The van der Waals surface area contributed by atoms with Crippen molar-refractivity contribution in [1.29, 1.82) is 0 Å². The van der Waals surface area contributed by atoms with Crippen LogP contribution in [0.3, 0.4) is 0 Å². The Labute approximate surface area is 462 Å². The highest BCUT2D eigenvalue weighted by molar-refractivity contribution is 5.76. The average molecular weight is 1040 g/mol. The van der Waals surface area contributed by atoms with Gasteiger partial charge >= 0.3 is 5.97 Å². The highest BCUT2D eigenvalue weighted by Crippen LogP contribution is 2.31. The number of amides is 1. The largest absolute Gasteiger partial charge is 0.465 e. The van der Waals surface area contributed by atoms with E-state index >= 15 is 0 Å². The molecular formula is C68H129NO5. The lowest BCUT2D eigenvalue weighted by molar-refractivity contribution is -0.146. The maximum absolute atomic E-state index is 13.2. The molecule has 0 saturated carbocycles. The zero-order valence-corrected chi connectivity index (χ0v) is 50.2. The lowest BCUT2D eigenvalue weighted by atomic mass is 9.81. The van der Waals surface area contributed by atoms with E-state index in [0.29, 0.717) is 31.3 Å². The molecule has 4 atom stereocenters.